The second-order valence-electron chi connectivity index (χ2n) is 4.46. The van der Waals surface area contributed by atoms with Crippen molar-refractivity contribution in [3.05, 3.63) is 33.8 Å². The number of carbonyl (C=O) groups is 2. The van der Waals surface area contributed by atoms with Crippen LogP contribution in [-0.2, 0) is 16.0 Å². The minimum atomic E-state index is -0.695. The van der Waals surface area contributed by atoms with Crippen LogP contribution in [0.5, 0.6) is 0 Å². The summed E-state index contributed by atoms with van der Waals surface area (Å²) in [5, 5.41) is 0.836. The molecule has 0 aliphatic rings. The fraction of sp³-hybridized carbons (Fsp3) is 0.357. The number of halogens is 2. The summed E-state index contributed by atoms with van der Waals surface area (Å²) in [6.45, 7) is 3.72. The van der Waals surface area contributed by atoms with Crippen molar-refractivity contribution in [3.63, 3.8) is 0 Å². The lowest BCUT2D eigenvalue weighted by Gasteiger charge is -2.06. The Hall–Kier alpha value is -1.99. The number of aliphatic imine (C=N–C) groups is 1. The molecule has 7 nitrogen and oxygen atoms in total. The van der Waals surface area contributed by atoms with E-state index in [2.05, 4.69) is 9.73 Å². The Morgan fingerprint density at radius 3 is 2.09 bits per heavy atom. The molecule has 1 rings (SSSR count). The van der Waals surface area contributed by atoms with E-state index in [4.69, 9.17) is 40.4 Å². The fourth-order valence-corrected chi connectivity index (χ4v) is 1.85. The average molecular weight is 363 g/mol. The van der Waals surface area contributed by atoms with E-state index in [1.807, 2.05) is 6.92 Å². The van der Waals surface area contributed by atoms with Gasteiger partial charge in [-0.15, -0.1) is 0 Å². The highest BCUT2D eigenvalue weighted by atomic mass is 35.5. The maximum absolute atomic E-state index is 11.3. The summed E-state index contributed by atoms with van der Waals surface area (Å²) in [5.74, 6) is -0.756. The zero-order chi connectivity index (χ0) is 18.0. The molecule has 1 aromatic rings. The number of nitrogens with zero attached hydrogens (tertiary/aromatic N) is 1. The topological polar surface area (TPSA) is 134 Å². The number of nitrogens with two attached hydrogens (primary N) is 3. The first-order valence-corrected chi connectivity index (χ1v) is 7.44. The van der Waals surface area contributed by atoms with Gasteiger partial charge in [0.05, 0.1) is 6.42 Å². The lowest BCUT2D eigenvalue weighted by atomic mass is 10.1. The van der Waals surface area contributed by atoms with Gasteiger partial charge in [0.25, 0.3) is 5.91 Å². The zero-order valence-electron chi connectivity index (χ0n) is 12.9. The molecule has 23 heavy (non-hydrogen) atoms. The molecule has 0 bridgehead atoms. The molecular weight excluding hydrogens is 343 g/mol. The van der Waals surface area contributed by atoms with Crippen LogP contribution in [0, 0.1) is 0 Å². The predicted octanol–water partition coefficient (Wildman–Crippen LogP) is 2.22. The Morgan fingerprint density at radius 1 is 1.22 bits per heavy atom. The van der Waals surface area contributed by atoms with Crippen molar-refractivity contribution in [3.8, 4) is 0 Å². The van der Waals surface area contributed by atoms with Crippen LogP contribution in [0.4, 0.5) is 4.79 Å². The maximum atomic E-state index is 11.3. The van der Waals surface area contributed by atoms with E-state index in [-0.39, 0.29) is 18.5 Å². The third-order valence-corrected chi connectivity index (χ3v) is 3.24. The number of ether oxygens (including phenoxy) is 1. The first-order valence-electron chi connectivity index (χ1n) is 6.68. The SMILES string of the molecule is CCC(C)OC(N)=O.NC(N)=NC(=O)Cc1c(Cl)cccc1Cl. The monoisotopic (exact) mass is 362 g/mol. The third kappa shape index (κ3) is 9.59. The van der Waals surface area contributed by atoms with Gasteiger partial charge in [-0.05, 0) is 31.0 Å². The molecule has 9 heteroatoms. The molecule has 2 amide bonds. The normalized spacial score (nSPS) is 10.8. The Labute approximate surface area is 144 Å². The van der Waals surface area contributed by atoms with Crippen molar-refractivity contribution in [1.29, 1.82) is 0 Å². The minimum absolute atomic E-state index is 0.0175. The highest BCUT2D eigenvalue weighted by Crippen LogP contribution is 2.24. The van der Waals surface area contributed by atoms with Gasteiger partial charge in [0.2, 0.25) is 0 Å². The van der Waals surface area contributed by atoms with E-state index in [1.165, 1.54) is 0 Å². The number of guanidine groups is 1. The van der Waals surface area contributed by atoms with Crippen LogP contribution in [-0.4, -0.2) is 24.1 Å². The number of hydrogen-bond acceptors (Lipinski definition) is 3. The number of amides is 2. The van der Waals surface area contributed by atoms with Gasteiger partial charge >= 0.3 is 6.09 Å². The highest BCUT2D eigenvalue weighted by molar-refractivity contribution is 6.36. The van der Waals surface area contributed by atoms with E-state index in [9.17, 15) is 9.59 Å². The first kappa shape index (κ1) is 21.0. The number of rotatable bonds is 4. The van der Waals surface area contributed by atoms with Crippen LogP contribution < -0.4 is 17.2 Å². The molecular formula is C14H20Cl2N4O3. The Morgan fingerprint density at radius 2 is 1.74 bits per heavy atom. The van der Waals surface area contributed by atoms with Crippen molar-refractivity contribution in [2.45, 2.75) is 32.8 Å². The molecule has 128 valence electrons. The first-order chi connectivity index (χ1) is 10.7. The molecule has 0 aliphatic carbocycles. The van der Waals surface area contributed by atoms with Gasteiger partial charge < -0.3 is 21.9 Å². The second kappa shape index (κ2) is 10.7. The fourth-order valence-electron chi connectivity index (χ4n) is 1.32. The van der Waals surface area contributed by atoms with Crippen LogP contribution in [0.2, 0.25) is 10.0 Å². The van der Waals surface area contributed by atoms with Crippen molar-refractivity contribution >= 4 is 41.2 Å². The van der Waals surface area contributed by atoms with Crippen LogP contribution in [0.1, 0.15) is 25.8 Å². The smallest absolute Gasteiger partial charge is 0.404 e. The molecule has 0 aliphatic heterocycles. The molecule has 0 radical (unpaired) electrons. The molecule has 0 spiro atoms. The van der Waals surface area contributed by atoms with Crippen molar-refractivity contribution in [2.24, 2.45) is 22.2 Å². The van der Waals surface area contributed by atoms with Gasteiger partial charge in [-0.2, -0.15) is 4.99 Å². The van der Waals surface area contributed by atoms with Gasteiger partial charge in [-0.3, -0.25) is 4.79 Å². The number of benzene rings is 1. The highest BCUT2D eigenvalue weighted by Gasteiger charge is 2.10. The Balaban J connectivity index is 0.000000515. The Bertz CT molecular complexity index is 555. The molecule has 0 fully saturated rings. The molecule has 6 N–H and O–H groups in total. The molecule has 0 saturated heterocycles. The van der Waals surface area contributed by atoms with E-state index in [0.717, 1.165) is 6.42 Å². The van der Waals surface area contributed by atoms with Gasteiger partial charge in [0.1, 0.15) is 6.10 Å². The number of carbonyl (C=O) groups excluding carboxylic acids is 2. The van der Waals surface area contributed by atoms with Crippen LogP contribution in [0.25, 0.3) is 0 Å². The number of primary amides is 1. The van der Waals surface area contributed by atoms with Crippen molar-refractivity contribution in [1.82, 2.24) is 0 Å². The molecule has 1 unspecified atom stereocenters. The summed E-state index contributed by atoms with van der Waals surface area (Å²) in [6, 6.07) is 4.98. The quantitative estimate of drug-likeness (QED) is 0.557. The summed E-state index contributed by atoms with van der Waals surface area (Å²) >= 11 is 11.7. The van der Waals surface area contributed by atoms with Crippen LogP contribution in [0.15, 0.2) is 23.2 Å². The average Bonchev–Trinajstić information content (AvgIpc) is 2.42. The van der Waals surface area contributed by atoms with Crippen molar-refractivity contribution < 1.29 is 14.3 Å². The van der Waals surface area contributed by atoms with Gasteiger partial charge in [0, 0.05) is 10.0 Å². The summed E-state index contributed by atoms with van der Waals surface area (Å²) in [7, 11) is 0. The lowest BCUT2D eigenvalue weighted by molar-refractivity contribution is -0.117. The maximum Gasteiger partial charge on any atom is 0.404 e. The van der Waals surface area contributed by atoms with Crippen LogP contribution in [0.3, 0.4) is 0 Å². The summed E-state index contributed by atoms with van der Waals surface area (Å²) in [5.41, 5.74) is 15.4. The minimum Gasteiger partial charge on any atom is -0.447 e. The van der Waals surface area contributed by atoms with E-state index in [0.29, 0.717) is 15.6 Å². The second-order valence-corrected chi connectivity index (χ2v) is 5.28. The molecule has 0 heterocycles. The van der Waals surface area contributed by atoms with E-state index >= 15 is 0 Å². The van der Waals surface area contributed by atoms with E-state index < -0.39 is 12.0 Å². The number of hydrogen-bond donors (Lipinski definition) is 3. The van der Waals surface area contributed by atoms with Gasteiger partial charge in [-0.1, -0.05) is 36.2 Å². The summed E-state index contributed by atoms with van der Waals surface area (Å²) in [6.07, 6.45) is 0.0474. The zero-order valence-corrected chi connectivity index (χ0v) is 14.4. The molecule has 0 aromatic heterocycles. The van der Waals surface area contributed by atoms with Crippen LogP contribution >= 0.6 is 23.2 Å². The predicted molar refractivity (Wildman–Crippen MR) is 91.4 cm³/mol. The van der Waals surface area contributed by atoms with Crippen molar-refractivity contribution in [2.75, 3.05) is 0 Å². The largest absolute Gasteiger partial charge is 0.447 e. The van der Waals surface area contributed by atoms with Gasteiger partial charge in [0.15, 0.2) is 5.96 Å². The van der Waals surface area contributed by atoms with Gasteiger partial charge in [-0.25, -0.2) is 4.79 Å². The molecule has 1 aromatic carbocycles. The Kier molecular flexibility index (Phi) is 9.76. The third-order valence-electron chi connectivity index (χ3n) is 2.54. The molecule has 1 atom stereocenters. The standard InChI is InChI=1S/C9H9Cl2N3O.C5H11NO2/c10-6-2-1-3-7(11)5(6)4-8(15)14-9(12)13;1-3-4(2)8-5(6)7/h1-3H,4H2,(H4,12,13,14,15);4H,3H2,1-2H3,(H2,6,7). The summed E-state index contributed by atoms with van der Waals surface area (Å²) < 4.78 is 4.54. The summed E-state index contributed by atoms with van der Waals surface area (Å²) in [4.78, 5) is 24.6. The lowest BCUT2D eigenvalue weighted by Crippen LogP contribution is -2.24. The molecule has 0 saturated carbocycles. The van der Waals surface area contributed by atoms with E-state index in [1.54, 1.807) is 25.1 Å².